The van der Waals surface area contributed by atoms with Gasteiger partial charge in [0.2, 0.25) is 10.0 Å². The molecule has 0 aromatic heterocycles. The van der Waals surface area contributed by atoms with Crippen LogP contribution >= 0.6 is 11.6 Å². The maximum Gasteiger partial charge on any atom is 0.235 e. The highest BCUT2D eigenvalue weighted by Gasteiger charge is 2.13. The fourth-order valence-corrected chi connectivity index (χ4v) is 2.49. The standard InChI is InChI=1S/C12H15ClN2O3S/c1-9(2)18-5-6-19(16,17)15-12-4-3-10(8-14)7-11(12)13/h3-4,7,9,15H,5-6H2,1-2H3. The largest absolute Gasteiger partial charge is 0.378 e. The van der Waals surface area contributed by atoms with Crippen molar-refractivity contribution in [2.75, 3.05) is 17.1 Å². The third-order valence-corrected chi connectivity index (χ3v) is 3.71. The van der Waals surface area contributed by atoms with Crippen molar-refractivity contribution in [1.82, 2.24) is 0 Å². The highest BCUT2D eigenvalue weighted by molar-refractivity contribution is 7.92. The van der Waals surface area contributed by atoms with Crippen LogP contribution in [0.3, 0.4) is 0 Å². The predicted molar refractivity (Wildman–Crippen MR) is 74.7 cm³/mol. The maximum atomic E-state index is 11.8. The van der Waals surface area contributed by atoms with E-state index < -0.39 is 10.0 Å². The SMILES string of the molecule is CC(C)OCCS(=O)(=O)Nc1ccc(C#N)cc1Cl. The van der Waals surface area contributed by atoms with Crippen LogP contribution in [-0.2, 0) is 14.8 Å². The number of ether oxygens (including phenoxy) is 1. The molecule has 0 bridgehead atoms. The van der Waals surface area contributed by atoms with Gasteiger partial charge < -0.3 is 4.74 Å². The van der Waals surface area contributed by atoms with Gasteiger partial charge in [-0.05, 0) is 32.0 Å². The molecule has 0 amide bonds. The molecule has 5 nitrogen and oxygen atoms in total. The van der Waals surface area contributed by atoms with E-state index in [9.17, 15) is 8.42 Å². The van der Waals surface area contributed by atoms with Gasteiger partial charge in [-0.3, -0.25) is 4.72 Å². The van der Waals surface area contributed by atoms with E-state index in [4.69, 9.17) is 21.6 Å². The van der Waals surface area contributed by atoms with Crippen LogP contribution in [0.25, 0.3) is 0 Å². The van der Waals surface area contributed by atoms with E-state index in [1.807, 2.05) is 19.9 Å². The minimum absolute atomic E-state index is 0.0197. The van der Waals surface area contributed by atoms with Crippen molar-refractivity contribution in [2.24, 2.45) is 0 Å². The van der Waals surface area contributed by atoms with Crippen LogP contribution in [0.1, 0.15) is 19.4 Å². The Labute approximate surface area is 118 Å². The summed E-state index contributed by atoms with van der Waals surface area (Å²) in [4.78, 5) is 0. The first-order chi connectivity index (χ1) is 8.84. The Balaban J connectivity index is 2.71. The molecule has 1 N–H and O–H groups in total. The second kappa shape index (κ2) is 6.75. The molecule has 0 spiro atoms. The third kappa shape index (κ3) is 5.47. The summed E-state index contributed by atoms with van der Waals surface area (Å²) >= 11 is 5.89. The lowest BCUT2D eigenvalue weighted by Crippen LogP contribution is -2.21. The first-order valence-corrected chi connectivity index (χ1v) is 7.69. The Bertz CT molecular complexity index is 579. The second-order valence-electron chi connectivity index (χ2n) is 4.15. The van der Waals surface area contributed by atoms with E-state index in [-0.39, 0.29) is 29.2 Å². The molecular formula is C12H15ClN2O3S. The quantitative estimate of drug-likeness (QED) is 0.875. The number of rotatable bonds is 6. The molecule has 0 heterocycles. The van der Waals surface area contributed by atoms with Gasteiger partial charge in [-0.1, -0.05) is 11.6 Å². The number of nitriles is 1. The molecule has 0 saturated heterocycles. The monoisotopic (exact) mass is 302 g/mol. The van der Waals surface area contributed by atoms with E-state index in [1.165, 1.54) is 18.2 Å². The summed E-state index contributed by atoms with van der Waals surface area (Å²) in [6, 6.07) is 6.28. The summed E-state index contributed by atoms with van der Waals surface area (Å²) in [5.74, 6) is -0.151. The van der Waals surface area contributed by atoms with E-state index in [2.05, 4.69) is 4.72 Å². The topological polar surface area (TPSA) is 79.2 Å². The molecule has 0 radical (unpaired) electrons. The molecule has 0 aliphatic rings. The fraction of sp³-hybridized carbons (Fsp3) is 0.417. The number of hydrogen-bond acceptors (Lipinski definition) is 4. The first-order valence-electron chi connectivity index (χ1n) is 5.66. The normalized spacial score (nSPS) is 11.3. The molecule has 0 unspecified atom stereocenters. The number of nitrogens with zero attached hydrogens (tertiary/aromatic N) is 1. The summed E-state index contributed by atoms with van der Waals surface area (Å²) < 4.78 is 31.1. The molecule has 0 aliphatic heterocycles. The molecule has 1 aromatic carbocycles. The van der Waals surface area contributed by atoms with Crippen molar-refractivity contribution < 1.29 is 13.2 Å². The van der Waals surface area contributed by atoms with Gasteiger partial charge in [-0.15, -0.1) is 0 Å². The highest BCUT2D eigenvalue weighted by Crippen LogP contribution is 2.23. The number of nitrogens with one attached hydrogen (secondary N) is 1. The van der Waals surface area contributed by atoms with Gasteiger partial charge in [0.15, 0.2) is 0 Å². The molecule has 0 fully saturated rings. The average molecular weight is 303 g/mol. The fourth-order valence-electron chi connectivity index (χ4n) is 1.28. The summed E-state index contributed by atoms with van der Waals surface area (Å²) in [5.41, 5.74) is 0.626. The lowest BCUT2D eigenvalue weighted by Gasteiger charge is -2.11. The Morgan fingerprint density at radius 1 is 1.47 bits per heavy atom. The van der Waals surface area contributed by atoms with Crippen LogP contribution in [0.5, 0.6) is 0 Å². The molecule has 0 atom stereocenters. The number of anilines is 1. The molecule has 7 heteroatoms. The second-order valence-corrected chi connectivity index (χ2v) is 6.40. The molecule has 1 aromatic rings. The summed E-state index contributed by atoms with van der Waals surface area (Å²) in [7, 11) is -3.51. The van der Waals surface area contributed by atoms with Crippen molar-refractivity contribution in [2.45, 2.75) is 20.0 Å². The van der Waals surface area contributed by atoms with Crippen LogP contribution in [0.15, 0.2) is 18.2 Å². The van der Waals surface area contributed by atoms with Gasteiger partial charge in [0, 0.05) is 0 Å². The minimum Gasteiger partial charge on any atom is -0.378 e. The van der Waals surface area contributed by atoms with Gasteiger partial charge in [-0.25, -0.2) is 8.42 Å². The van der Waals surface area contributed by atoms with Crippen LogP contribution < -0.4 is 4.72 Å². The predicted octanol–water partition coefficient (Wildman–Crippen LogP) is 2.38. The van der Waals surface area contributed by atoms with Crippen LogP contribution in [0.2, 0.25) is 5.02 Å². The number of benzene rings is 1. The number of halogens is 1. The smallest absolute Gasteiger partial charge is 0.235 e. The maximum absolute atomic E-state index is 11.8. The van der Waals surface area contributed by atoms with Gasteiger partial charge in [0.05, 0.1) is 40.8 Å². The van der Waals surface area contributed by atoms with Gasteiger partial charge >= 0.3 is 0 Å². The average Bonchev–Trinajstić information content (AvgIpc) is 2.30. The van der Waals surface area contributed by atoms with Gasteiger partial charge in [-0.2, -0.15) is 5.26 Å². The van der Waals surface area contributed by atoms with E-state index in [0.717, 1.165) is 0 Å². The molecule has 1 rings (SSSR count). The zero-order valence-electron chi connectivity index (χ0n) is 10.7. The van der Waals surface area contributed by atoms with E-state index in [1.54, 1.807) is 0 Å². The molecule has 0 saturated carbocycles. The van der Waals surface area contributed by atoms with Crippen molar-refractivity contribution in [3.8, 4) is 6.07 Å². The van der Waals surface area contributed by atoms with E-state index >= 15 is 0 Å². The van der Waals surface area contributed by atoms with Gasteiger partial charge in [0.1, 0.15) is 0 Å². The van der Waals surface area contributed by atoms with Crippen molar-refractivity contribution >= 4 is 27.3 Å². The Morgan fingerprint density at radius 3 is 2.68 bits per heavy atom. The Hall–Kier alpha value is -1.29. The third-order valence-electron chi connectivity index (χ3n) is 2.17. The van der Waals surface area contributed by atoms with Crippen molar-refractivity contribution in [3.05, 3.63) is 28.8 Å². The van der Waals surface area contributed by atoms with Crippen molar-refractivity contribution in [3.63, 3.8) is 0 Å². The summed E-state index contributed by atoms with van der Waals surface area (Å²) in [6.07, 6.45) is -0.0197. The first kappa shape index (κ1) is 15.8. The van der Waals surface area contributed by atoms with Crippen LogP contribution in [0, 0.1) is 11.3 Å². The van der Waals surface area contributed by atoms with Crippen LogP contribution in [0.4, 0.5) is 5.69 Å². The number of hydrogen-bond donors (Lipinski definition) is 1. The molecular weight excluding hydrogens is 288 g/mol. The van der Waals surface area contributed by atoms with E-state index in [0.29, 0.717) is 5.56 Å². The van der Waals surface area contributed by atoms with Gasteiger partial charge in [0.25, 0.3) is 0 Å². The van der Waals surface area contributed by atoms with Crippen molar-refractivity contribution in [1.29, 1.82) is 5.26 Å². The Morgan fingerprint density at radius 2 is 2.16 bits per heavy atom. The lowest BCUT2D eigenvalue weighted by molar-refractivity contribution is 0.0913. The molecule has 104 valence electrons. The van der Waals surface area contributed by atoms with Crippen LogP contribution in [-0.4, -0.2) is 26.9 Å². The summed E-state index contributed by atoms with van der Waals surface area (Å²) in [5, 5.41) is 8.88. The zero-order valence-corrected chi connectivity index (χ0v) is 12.3. The summed E-state index contributed by atoms with van der Waals surface area (Å²) in [6.45, 7) is 3.77. The Kier molecular flexibility index (Phi) is 5.60. The lowest BCUT2D eigenvalue weighted by atomic mass is 10.2. The zero-order chi connectivity index (χ0) is 14.5. The molecule has 0 aliphatic carbocycles. The minimum atomic E-state index is -3.51. The number of sulfonamides is 1. The highest BCUT2D eigenvalue weighted by atomic mass is 35.5. The molecule has 19 heavy (non-hydrogen) atoms.